The second kappa shape index (κ2) is 11.7. The van der Waals surface area contributed by atoms with Gasteiger partial charge in [-0.1, -0.05) is 41.4 Å². The summed E-state index contributed by atoms with van der Waals surface area (Å²) in [5.41, 5.74) is 1.73. The van der Waals surface area contributed by atoms with Crippen LogP contribution in [-0.4, -0.2) is 35.9 Å². The van der Waals surface area contributed by atoms with Crippen LogP contribution in [0.5, 0.6) is 5.75 Å². The zero-order chi connectivity index (χ0) is 22.1. The predicted octanol–water partition coefficient (Wildman–Crippen LogP) is 4.61. The van der Waals surface area contributed by atoms with Crippen LogP contribution in [0.25, 0.3) is 0 Å². The Labute approximate surface area is 185 Å². The number of halogens is 2. The van der Waals surface area contributed by atoms with E-state index in [2.05, 4.69) is 21.2 Å². The van der Waals surface area contributed by atoms with Gasteiger partial charge in [0.15, 0.2) is 6.61 Å². The van der Waals surface area contributed by atoms with E-state index in [4.69, 9.17) is 4.74 Å². The fourth-order valence-electron chi connectivity index (χ4n) is 2.84. The highest BCUT2D eigenvalue weighted by molar-refractivity contribution is 9.10. The van der Waals surface area contributed by atoms with Crippen LogP contribution in [-0.2, 0) is 16.1 Å². The molecule has 0 bridgehead atoms. The first kappa shape index (κ1) is 23.9. The number of hydrogen-bond donors (Lipinski definition) is 1. The largest absolute Gasteiger partial charge is 0.484 e. The molecule has 0 saturated heterocycles. The number of nitrogens with zero attached hydrogens (tertiary/aromatic N) is 1. The van der Waals surface area contributed by atoms with Gasteiger partial charge in [-0.15, -0.1) is 0 Å². The Morgan fingerprint density at radius 1 is 1.20 bits per heavy atom. The van der Waals surface area contributed by atoms with Crippen LogP contribution in [0.15, 0.2) is 46.9 Å². The first-order valence-corrected chi connectivity index (χ1v) is 10.8. The second-order valence-electron chi connectivity index (χ2n) is 7.17. The lowest BCUT2D eigenvalue weighted by atomic mass is 10.1. The van der Waals surface area contributed by atoms with Crippen LogP contribution in [0.2, 0.25) is 0 Å². The van der Waals surface area contributed by atoms with Gasteiger partial charge in [0.05, 0.1) is 0 Å². The highest BCUT2D eigenvalue weighted by atomic mass is 79.9. The van der Waals surface area contributed by atoms with E-state index in [0.717, 1.165) is 28.4 Å². The number of benzene rings is 2. The molecule has 2 amide bonds. The molecule has 0 aliphatic heterocycles. The number of amides is 2. The fourth-order valence-corrected chi connectivity index (χ4v) is 3.09. The van der Waals surface area contributed by atoms with Gasteiger partial charge in [-0.2, -0.15) is 0 Å². The molecule has 0 radical (unpaired) electrons. The fraction of sp³-hybridized carbons (Fsp3) is 0.391. The van der Waals surface area contributed by atoms with Gasteiger partial charge in [-0.25, -0.2) is 4.39 Å². The molecule has 1 atom stereocenters. The number of ether oxygens (including phenoxy) is 1. The monoisotopic (exact) mass is 478 g/mol. The van der Waals surface area contributed by atoms with E-state index in [1.165, 1.54) is 17.0 Å². The van der Waals surface area contributed by atoms with Gasteiger partial charge in [-0.05, 0) is 61.7 Å². The average Bonchev–Trinajstić information content (AvgIpc) is 2.73. The maximum atomic E-state index is 13.2. The number of carbonyl (C=O) groups is 2. The smallest absolute Gasteiger partial charge is 0.261 e. The third-order valence-electron chi connectivity index (χ3n) is 4.75. The molecular formula is C23H28BrFN2O3. The SMILES string of the molecule is CCCCNC(=O)[C@@H](C)N(Cc1ccc(F)cc1)C(=O)COc1ccc(Br)c(C)c1. The molecule has 2 aromatic rings. The van der Waals surface area contributed by atoms with Crippen molar-refractivity contribution in [1.82, 2.24) is 10.2 Å². The summed E-state index contributed by atoms with van der Waals surface area (Å²) in [5, 5.41) is 2.86. The number of nitrogens with one attached hydrogen (secondary N) is 1. The van der Waals surface area contributed by atoms with Crippen LogP contribution in [0.4, 0.5) is 4.39 Å². The Kier molecular flexibility index (Phi) is 9.30. The summed E-state index contributed by atoms with van der Waals surface area (Å²) >= 11 is 3.43. The lowest BCUT2D eigenvalue weighted by Gasteiger charge is -2.28. The Hall–Kier alpha value is -2.41. The minimum atomic E-state index is -0.685. The summed E-state index contributed by atoms with van der Waals surface area (Å²) < 4.78 is 19.9. The first-order chi connectivity index (χ1) is 14.3. The average molecular weight is 479 g/mol. The van der Waals surface area contributed by atoms with Gasteiger partial charge in [0.2, 0.25) is 5.91 Å². The predicted molar refractivity (Wildman–Crippen MR) is 119 cm³/mol. The maximum Gasteiger partial charge on any atom is 0.261 e. The Morgan fingerprint density at radius 2 is 1.90 bits per heavy atom. The molecule has 0 unspecified atom stereocenters. The van der Waals surface area contributed by atoms with Gasteiger partial charge in [-0.3, -0.25) is 9.59 Å². The van der Waals surface area contributed by atoms with Gasteiger partial charge < -0.3 is 15.0 Å². The van der Waals surface area contributed by atoms with Crippen molar-refractivity contribution in [3.05, 3.63) is 63.9 Å². The van der Waals surface area contributed by atoms with Crippen molar-refractivity contribution in [2.24, 2.45) is 0 Å². The van der Waals surface area contributed by atoms with E-state index >= 15 is 0 Å². The molecule has 2 aromatic carbocycles. The van der Waals surface area contributed by atoms with Gasteiger partial charge in [0.25, 0.3) is 5.91 Å². The van der Waals surface area contributed by atoms with Crippen molar-refractivity contribution in [3.8, 4) is 5.75 Å². The van der Waals surface area contributed by atoms with E-state index in [1.807, 2.05) is 26.0 Å². The van der Waals surface area contributed by atoms with Crippen LogP contribution < -0.4 is 10.1 Å². The molecule has 0 spiro atoms. The summed E-state index contributed by atoms with van der Waals surface area (Å²) in [6, 6.07) is 10.7. The summed E-state index contributed by atoms with van der Waals surface area (Å²) in [6.45, 7) is 6.21. The van der Waals surface area contributed by atoms with E-state index in [9.17, 15) is 14.0 Å². The van der Waals surface area contributed by atoms with Crippen LogP contribution in [0.1, 0.15) is 37.8 Å². The Morgan fingerprint density at radius 3 is 2.53 bits per heavy atom. The molecule has 2 rings (SSSR count). The van der Waals surface area contributed by atoms with E-state index in [0.29, 0.717) is 12.3 Å². The lowest BCUT2D eigenvalue weighted by molar-refractivity contribution is -0.142. The molecule has 0 aromatic heterocycles. The molecule has 0 aliphatic carbocycles. The second-order valence-corrected chi connectivity index (χ2v) is 8.02. The van der Waals surface area contributed by atoms with Crippen LogP contribution >= 0.6 is 15.9 Å². The maximum absolute atomic E-state index is 13.2. The van der Waals surface area contributed by atoms with Crippen molar-refractivity contribution >= 4 is 27.7 Å². The number of unbranched alkanes of at least 4 members (excludes halogenated alkanes) is 1. The highest BCUT2D eigenvalue weighted by Gasteiger charge is 2.26. The van der Waals surface area contributed by atoms with Crippen molar-refractivity contribution < 1.29 is 18.7 Å². The third-order valence-corrected chi connectivity index (χ3v) is 5.64. The number of hydrogen-bond acceptors (Lipinski definition) is 3. The number of rotatable bonds is 10. The lowest BCUT2D eigenvalue weighted by Crippen LogP contribution is -2.49. The van der Waals surface area contributed by atoms with Gasteiger partial charge in [0, 0.05) is 17.6 Å². The minimum absolute atomic E-state index is 0.185. The van der Waals surface area contributed by atoms with Crippen molar-refractivity contribution in [1.29, 1.82) is 0 Å². The summed E-state index contributed by atoms with van der Waals surface area (Å²) in [6.07, 6.45) is 1.84. The molecule has 1 N–H and O–H groups in total. The van der Waals surface area contributed by atoms with Gasteiger partial charge in [0.1, 0.15) is 17.6 Å². The van der Waals surface area contributed by atoms with E-state index < -0.39 is 6.04 Å². The normalized spacial score (nSPS) is 11.6. The molecule has 0 heterocycles. The van der Waals surface area contributed by atoms with Crippen molar-refractivity contribution in [3.63, 3.8) is 0 Å². The van der Waals surface area contributed by atoms with Crippen LogP contribution in [0.3, 0.4) is 0 Å². The standard InChI is InChI=1S/C23H28BrFN2O3/c1-4-5-12-26-23(29)17(3)27(14-18-6-8-19(25)9-7-18)22(28)15-30-20-10-11-21(24)16(2)13-20/h6-11,13,17H,4-5,12,14-15H2,1-3H3,(H,26,29)/t17-/m1/s1. The third kappa shape index (κ3) is 7.13. The number of carbonyl (C=O) groups excluding carboxylic acids is 2. The van der Waals surface area contributed by atoms with E-state index in [1.54, 1.807) is 25.1 Å². The first-order valence-electron chi connectivity index (χ1n) is 10.0. The van der Waals surface area contributed by atoms with Crippen molar-refractivity contribution in [2.75, 3.05) is 13.2 Å². The molecular weight excluding hydrogens is 451 g/mol. The van der Waals surface area contributed by atoms with Gasteiger partial charge >= 0.3 is 0 Å². The highest BCUT2D eigenvalue weighted by Crippen LogP contribution is 2.22. The summed E-state index contributed by atoms with van der Waals surface area (Å²) in [7, 11) is 0. The number of aryl methyl sites for hydroxylation is 1. The topological polar surface area (TPSA) is 58.6 Å². The Bertz CT molecular complexity index is 858. The zero-order valence-electron chi connectivity index (χ0n) is 17.6. The minimum Gasteiger partial charge on any atom is -0.484 e. The summed E-state index contributed by atoms with van der Waals surface area (Å²) in [5.74, 6) is -0.321. The molecule has 162 valence electrons. The molecule has 0 saturated carbocycles. The molecule has 0 fully saturated rings. The molecule has 7 heteroatoms. The van der Waals surface area contributed by atoms with Crippen LogP contribution in [0, 0.1) is 12.7 Å². The Balaban J connectivity index is 2.11. The molecule has 30 heavy (non-hydrogen) atoms. The zero-order valence-corrected chi connectivity index (χ0v) is 19.2. The van der Waals surface area contributed by atoms with Crippen molar-refractivity contribution in [2.45, 2.75) is 46.2 Å². The molecule has 5 nitrogen and oxygen atoms in total. The quantitative estimate of drug-likeness (QED) is 0.507. The van der Waals surface area contributed by atoms with E-state index in [-0.39, 0.29) is 30.8 Å². The molecule has 0 aliphatic rings. The summed E-state index contributed by atoms with van der Waals surface area (Å²) in [4.78, 5) is 27.0.